The predicted octanol–water partition coefficient (Wildman–Crippen LogP) is 4.98. The topological polar surface area (TPSA) is 67.2 Å². The van der Waals surface area contributed by atoms with E-state index in [1.54, 1.807) is 11.9 Å². The van der Waals surface area contributed by atoms with Crippen LogP contribution in [0.2, 0.25) is 0 Å². The normalized spacial score (nSPS) is 10.9. The number of carbonyl (C=O) groups excluding carboxylic acids is 2. The number of hydrogen-bond acceptors (Lipinski definition) is 3. The fourth-order valence-electron chi connectivity index (χ4n) is 4.02. The zero-order valence-electron chi connectivity index (χ0n) is 19.8. The summed E-state index contributed by atoms with van der Waals surface area (Å²) in [4.78, 5) is 31.6. The van der Waals surface area contributed by atoms with Crippen molar-refractivity contribution in [1.82, 2.24) is 14.9 Å². The van der Waals surface area contributed by atoms with Gasteiger partial charge in [0.15, 0.2) is 0 Å². The summed E-state index contributed by atoms with van der Waals surface area (Å²) in [5.41, 5.74) is 3.13. The molecule has 6 nitrogen and oxygen atoms in total. The number of carbonyl (C=O) groups is 2. The molecule has 0 aliphatic carbocycles. The molecular formula is C28H29FN4O2. The molecule has 35 heavy (non-hydrogen) atoms. The van der Waals surface area contributed by atoms with Gasteiger partial charge >= 0.3 is 0 Å². The zero-order chi connectivity index (χ0) is 24.6. The van der Waals surface area contributed by atoms with E-state index in [1.807, 2.05) is 59.2 Å². The number of imidazole rings is 1. The summed E-state index contributed by atoms with van der Waals surface area (Å²) < 4.78 is 15.0. The average molecular weight is 473 g/mol. The number of rotatable bonds is 10. The predicted molar refractivity (Wildman–Crippen MR) is 136 cm³/mol. The highest BCUT2D eigenvalue weighted by atomic mass is 19.1. The first-order valence-corrected chi connectivity index (χ1v) is 11.8. The lowest BCUT2D eigenvalue weighted by Crippen LogP contribution is -2.30. The van der Waals surface area contributed by atoms with E-state index in [9.17, 15) is 14.0 Å². The second kappa shape index (κ2) is 11.4. The molecule has 2 amide bonds. The third kappa shape index (κ3) is 6.12. The van der Waals surface area contributed by atoms with Crippen LogP contribution in [0.5, 0.6) is 0 Å². The molecule has 0 atom stereocenters. The van der Waals surface area contributed by atoms with E-state index >= 15 is 0 Å². The van der Waals surface area contributed by atoms with Crippen molar-refractivity contribution in [3.8, 4) is 0 Å². The molecule has 1 N–H and O–H groups in total. The van der Waals surface area contributed by atoms with E-state index in [4.69, 9.17) is 4.98 Å². The van der Waals surface area contributed by atoms with E-state index in [0.717, 1.165) is 48.2 Å². The number of nitrogens with zero attached hydrogens (tertiary/aromatic N) is 3. The summed E-state index contributed by atoms with van der Waals surface area (Å²) in [6.07, 6.45) is 3.36. The second-order valence-electron chi connectivity index (χ2n) is 8.46. The first kappa shape index (κ1) is 24.1. The van der Waals surface area contributed by atoms with Gasteiger partial charge in [-0.3, -0.25) is 9.59 Å². The molecular weight excluding hydrogens is 443 g/mol. The lowest BCUT2D eigenvalue weighted by atomic mass is 10.1. The third-order valence-corrected chi connectivity index (χ3v) is 6.01. The summed E-state index contributed by atoms with van der Waals surface area (Å²) >= 11 is 0. The third-order valence-electron chi connectivity index (χ3n) is 6.01. The highest BCUT2D eigenvalue weighted by Crippen LogP contribution is 2.19. The fraction of sp³-hybridized carbons (Fsp3) is 0.250. The molecule has 4 aromatic rings. The van der Waals surface area contributed by atoms with Crippen LogP contribution in [-0.2, 0) is 17.8 Å². The molecule has 4 rings (SSSR count). The number of anilines is 1. The summed E-state index contributed by atoms with van der Waals surface area (Å²) in [6, 6.07) is 23.0. The first-order chi connectivity index (χ1) is 17.0. The summed E-state index contributed by atoms with van der Waals surface area (Å²) in [5.74, 6) is 0.314. The molecule has 1 aromatic heterocycles. The van der Waals surface area contributed by atoms with Crippen molar-refractivity contribution >= 4 is 28.5 Å². The molecule has 0 unspecified atom stereocenters. The van der Waals surface area contributed by atoms with Crippen LogP contribution in [0.3, 0.4) is 0 Å². The molecule has 3 aromatic carbocycles. The van der Waals surface area contributed by atoms with Crippen molar-refractivity contribution < 1.29 is 14.0 Å². The minimum absolute atomic E-state index is 0.0101. The largest absolute Gasteiger partial charge is 0.352 e. The van der Waals surface area contributed by atoms with E-state index in [0.29, 0.717) is 12.1 Å². The Bertz CT molecular complexity index is 1290. The lowest BCUT2D eigenvalue weighted by Gasteiger charge is -2.18. The van der Waals surface area contributed by atoms with Gasteiger partial charge in [-0.2, -0.15) is 0 Å². The van der Waals surface area contributed by atoms with Crippen LogP contribution >= 0.6 is 0 Å². The first-order valence-electron chi connectivity index (χ1n) is 11.8. The van der Waals surface area contributed by atoms with Crippen LogP contribution in [0.25, 0.3) is 11.0 Å². The van der Waals surface area contributed by atoms with Gasteiger partial charge in [0.25, 0.3) is 5.91 Å². The van der Waals surface area contributed by atoms with Crippen LogP contribution in [0.1, 0.15) is 35.4 Å². The standard InChI is InChI=1S/C28H29FN4O2/c1-32(23-10-4-2-5-11-23)27(34)20-33-25-13-8-7-12-24(25)31-26(33)14-6-3-9-19-30-28(35)21-15-17-22(29)18-16-21/h2,4-5,7-8,10-13,15-18H,3,6,9,14,19-20H2,1H3,(H,30,35). The van der Waals surface area contributed by atoms with Gasteiger partial charge in [0, 0.05) is 31.3 Å². The molecule has 0 fully saturated rings. The zero-order valence-corrected chi connectivity index (χ0v) is 19.8. The molecule has 0 bridgehead atoms. The minimum Gasteiger partial charge on any atom is -0.352 e. The Morgan fingerprint density at radius 1 is 0.914 bits per heavy atom. The number of unbranched alkanes of at least 4 members (excludes halogenated alkanes) is 2. The van der Waals surface area contributed by atoms with E-state index < -0.39 is 0 Å². The van der Waals surface area contributed by atoms with Crippen molar-refractivity contribution in [1.29, 1.82) is 0 Å². The molecule has 0 aliphatic rings. The minimum atomic E-state index is -0.360. The number of likely N-dealkylation sites (N-methyl/N-ethyl adjacent to an activating group) is 1. The highest BCUT2D eigenvalue weighted by molar-refractivity contribution is 5.94. The monoisotopic (exact) mass is 472 g/mol. The van der Waals surface area contributed by atoms with Crippen molar-refractivity contribution in [3.05, 3.63) is 96.1 Å². The molecule has 0 saturated heterocycles. The molecule has 0 radical (unpaired) electrons. The van der Waals surface area contributed by atoms with Gasteiger partial charge in [-0.15, -0.1) is 0 Å². The summed E-state index contributed by atoms with van der Waals surface area (Å²) in [6.45, 7) is 0.766. The molecule has 0 saturated carbocycles. The number of hydrogen-bond donors (Lipinski definition) is 1. The second-order valence-corrected chi connectivity index (χ2v) is 8.46. The van der Waals surface area contributed by atoms with Gasteiger partial charge in [-0.25, -0.2) is 9.37 Å². The van der Waals surface area contributed by atoms with Gasteiger partial charge in [-0.05, 0) is 61.4 Å². The maximum atomic E-state index is 13.0. The van der Waals surface area contributed by atoms with Crippen LogP contribution in [0.4, 0.5) is 10.1 Å². The van der Waals surface area contributed by atoms with Gasteiger partial charge in [0.1, 0.15) is 18.2 Å². The quantitative estimate of drug-likeness (QED) is 0.331. The Morgan fingerprint density at radius 3 is 2.40 bits per heavy atom. The Kier molecular flexibility index (Phi) is 7.88. The highest BCUT2D eigenvalue weighted by Gasteiger charge is 2.17. The smallest absolute Gasteiger partial charge is 0.251 e. The van der Waals surface area contributed by atoms with Gasteiger partial charge in [0.2, 0.25) is 5.91 Å². The van der Waals surface area contributed by atoms with E-state index in [2.05, 4.69) is 5.32 Å². The van der Waals surface area contributed by atoms with Crippen molar-refractivity contribution in [3.63, 3.8) is 0 Å². The number of amides is 2. The molecule has 0 aliphatic heterocycles. The van der Waals surface area contributed by atoms with Crippen molar-refractivity contribution in [2.75, 3.05) is 18.5 Å². The maximum absolute atomic E-state index is 13.0. The van der Waals surface area contributed by atoms with Crippen molar-refractivity contribution in [2.24, 2.45) is 0 Å². The number of halogens is 1. The number of para-hydroxylation sites is 3. The van der Waals surface area contributed by atoms with E-state index in [-0.39, 0.29) is 24.2 Å². The fourth-order valence-corrected chi connectivity index (χ4v) is 4.02. The SMILES string of the molecule is CN(C(=O)Cn1c(CCCCCNC(=O)c2ccc(F)cc2)nc2ccccc21)c1ccccc1. The van der Waals surface area contributed by atoms with Crippen LogP contribution in [-0.4, -0.2) is 35.0 Å². The van der Waals surface area contributed by atoms with Crippen molar-refractivity contribution in [2.45, 2.75) is 32.2 Å². The number of nitrogens with one attached hydrogen (secondary N) is 1. The summed E-state index contributed by atoms with van der Waals surface area (Å²) in [5, 5.41) is 2.87. The van der Waals surface area contributed by atoms with Crippen LogP contribution < -0.4 is 10.2 Å². The van der Waals surface area contributed by atoms with E-state index in [1.165, 1.54) is 24.3 Å². The van der Waals surface area contributed by atoms with Gasteiger partial charge in [-0.1, -0.05) is 36.8 Å². The number of aromatic nitrogens is 2. The molecule has 1 heterocycles. The summed E-state index contributed by atoms with van der Waals surface area (Å²) in [7, 11) is 1.79. The average Bonchev–Trinajstić information content (AvgIpc) is 3.23. The Labute approximate surface area is 204 Å². The number of benzene rings is 3. The molecule has 7 heteroatoms. The Hall–Kier alpha value is -4.00. The molecule has 0 spiro atoms. The Balaban J connectivity index is 1.32. The van der Waals surface area contributed by atoms with Crippen LogP contribution in [0.15, 0.2) is 78.9 Å². The van der Waals surface area contributed by atoms with Crippen LogP contribution in [0, 0.1) is 5.82 Å². The maximum Gasteiger partial charge on any atom is 0.251 e. The molecule has 180 valence electrons. The van der Waals surface area contributed by atoms with Gasteiger partial charge < -0.3 is 14.8 Å². The number of fused-ring (bicyclic) bond motifs is 1. The number of aryl methyl sites for hydroxylation is 1. The van der Waals surface area contributed by atoms with Gasteiger partial charge in [0.05, 0.1) is 11.0 Å². The Morgan fingerprint density at radius 2 is 1.63 bits per heavy atom. The lowest BCUT2D eigenvalue weighted by molar-refractivity contribution is -0.118.